The first-order valence-electron chi connectivity index (χ1n) is 7.42. The molecule has 120 valence electrons. The van der Waals surface area contributed by atoms with Gasteiger partial charge in [-0.2, -0.15) is 0 Å². The minimum atomic E-state index is 0.0696. The van der Waals surface area contributed by atoms with E-state index in [4.69, 9.17) is 14.2 Å². The summed E-state index contributed by atoms with van der Waals surface area (Å²) in [5.41, 5.74) is 0.823. The highest BCUT2D eigenvalue weighted by Crippen LogP contribution is 2.42. The molecule has 1 atom stereocenters. The van der Waals surface area contributed by atoms with Crippen LogP contribution in [-0.2, 0) is 4.79 Å². The molecule has 3 heterocycles. The van der Waals surface area contributed by atoms with Crippen molar-refractivity contribution in [1.82, 2.24) is 14.5 Å². The predicted molar refractivity (Wildman–Crippen MR) is 81.6 cm³/mol. The van der Waals surface area contributed by atoms with E-state index in [2.05, 4.69) is 4.98 Å². The Bertz CT molecular complexity index is 771. The van der Waals surface area contributed by atoms with Gasteiger partial charge in [0, 0.05) is 38.5 Å². The van der Waals surface area contributed by atoms with E-state index in [0.29, 0.717) is 30.2 Å². The second-order valence-corrected chi connectivity index (χ2v) is 5.70. The summed E-state index contributed by atoms with van der Waals surface area (Å²) in [6, 6.07) is 3.75. The first kappa shape index (κ1) is 13.9. The summed E-state index contributed by atoms with van der Waals surface area (Å²) in [5, 5.41) is 0. The number of carbonyl (C=O) groups excluding carboxylic acids is 1. The molecule has 1 fully saturated rings. The molecule has 1 aromatic carbocycles. The molecular formula is C16H17N3O4. The van der Waals surface area contributed by atoms with E-state index in [1.54, 1.807) is 18.2 Å². The molecule has 7 nitrogen and oxygen atoms in total. The SMILES string of the molecule is COc1cc2c(cc1-c1nccn1C1CC(=O)N(C)C1)OCO2. The van der Waals surface area contributed by atoms with Gasteiger partial charge >= 0.3 is 0 Å². The van der Waals surface area contributed by atoms with Gasteiger partial charge in [-0.05, 0) is 6.07 Å². The number of fused-ring (bicyclic) bond motifs is 1. The Labute approximate surface area is 133 Å². The smallest absolute Gasteiger partial charge is 0.231 e. The van der Waals surface area contributed by atoms with Gasteiger partial charge in [-0.15, -0.1) is 0 Å². The van der Waals surface area contributed by atoms with Crippen LogP contribution in [0.25, 0.3) is 11.4 Å². The van der Waals surface area contributed by atoms with E-state index < -0.39 is 0 Å². The highest BCUT2D eigenvalue weighted by molar-refractivity contribution is 5.79. The van der Waals surface area contributed by atoms with E-state index in [-0.39, 0.29) is 18.7 Å². The maximum absolute atomic E-state index is 11.8. The van der Waals surface area contributed by atoms with Crippen LogP contribution in [0, 0.1) is 0 Å². The van der Waals surface area contributed by atoms with Crippen LogP contribution in [-0.4, -0.2) is 47.9 Å². The van der Waals surface area contributed by atoms with Gasteiger partial charge in [0.15, 0.2) is 11.5 Å². The van der Waals surface area contributed by atoms with Crippen LogP contribution < -0.4 is 14.2 Å². The molecule has 2 aliphatic rings. The fourth-order valence-electron chi connectivity index (χ4n) is 3.11. The van der Waals surface area contributed by atoms with Crippen molar-refractivity contribution in [3.63, 3.8) is 0 Å². The Hall–Kier alpha value is -2.70. The number of hydrogen-bond donors (Lipinski definition) is 0. The standard InChI is InChI=1S/C16H17N3O4/c1-18-8-10(5-15(18)20)19-4-3-17-16(19)11-6-13-14(23-9-22-13)7-12(11)21-2/h3-4,6-7,10H,5,8-9H2,1-2H3. The summed E-state index contributed by atoms with van der Waals surface area (Å²) in [6.45, 7) is 0.882. The lowest BCUT2D eigenvalue weighted by Gasteiger charge is -2.16. The second-order valence-electron chi connectivity index (χ2n) is 5.70. The number of carbonyl (C=O) groups is 1. The van der Waals surface area contributed by atoms with Crippen molar-refractivity contribution in [2.24, 2.45) is 0 Å². The number of imidazole rings is 1. The summed E-state index contributed by atoms with van der Waals surface area (Å²) in [4.78, 5) is 18.0. The number of benzene rings is 1. The average molecular weight is 315 g/mol. The van der Waals surface area contributed by atoms with E-state index >= 15 is 0 Å². The van der Waals surface area contributed by atoms with Crippen LogP contribution in [0.5, 0.6) is 17.2 Å². The van der Waals surface area contributed by atoms with Gasteiger partial charge < -0.3 is 23.7 Å². The summed E-state index contributed by atoms with van der Waals surface area (Å²) in [5.74, 6) is 2.91. The van der Waals surface area contributed by atoms with Crippen molar-refractivity contribution in [3.05, 3.63) is 24.5 Å². The minimum absolute atomic E-state index is 0.0696. The fourth-order valence-corrected chi connectivity index (χ4v) is 3.11. The predicted octanol–water partition coefficient (Wildman–Crippen LogP) is 1.69. The molecule has 0 spiro atoms. The molecule has 1 aromatic heterocycles. The normalized spacial score (nSPS) is 19.5. The van der Waals surface area contributed by atoms with E-state index in [1.165, 1.54) is 0 Å². The molecule has 0 aliphatic carbocycles. The van der Waals surface area contributed by atoms with Crippen LogP contribution in [0.1, 0.15) is 12.5 Å². The van der Waals surface area contributed by atoms with Gasteiger partial charge in [0.05, 0.1) is 18.7 Å². The zero-order valence-electron chi connectivity index (χ0n) is 13.0. The van der Waals surface area contributed by atoms with Gasteiger partial charge in [-0.1, -0.05) is 0 Å². The first-order chi connectivity index (χ1) is 11.2. The highest BCUT2D eigenvalue weighted by atomic mass is 16.7. The van der Waals surface area contributed by atoms with E-state index in [1.807, 2.05) is 29.9 Å². The molecule has 2 aromatic rings. The molecule has 1 saturated heterocycles. The Morgan fingerprint density at radius 1 is 1.30 bits per heavy atom. The topological polar surface area (TPSA) is 65.8 Å². The summed E-state index contributed by atoms with van der Waals surface area (Å²) in [6.07, 6.45) is 4.12. The zero-order valence-corrected chi connectivity index (χ0v) is 13.0. The molecule has 1 amide bonds. The maximum atomic E-state index is 11.8. The lowest BCUT2D eigenvalue weighted by Crippen LogP contribution is -2.19. The molecular weight excluding hydrogens is 298 g/mol. The molecule has 0 saturated carbocycles. The Morgan fingerprint density at radius 3 is 2.78 bits per heavy atom. The van der Waals surface area contributed by atoms with Gasteiger partial charge in [0.2, 0.25) is 12.7 Å². The van der Waals surface area contributed by atoms with Gasteiger partial charge in [0.1, 0.15) is 11.6 Å². The number of hydrogen-bond acceptors (Lipinski definition) is 5. The third-order valence-electron chi connectivity index (χ3n) is 4.32. The molecule has 23 heavy (non-hydrogen) atoms. The Morgan fingerprint density at radius 2 is 2.09 bits per heavy atom. The van der Waals surface area contributed by atoms with Crippen molar-refractivity contribution < 1.29 is 19.0 Å². The number of amides is 1. The summed E-state index contributed by atoms with van der Waals surface area (Å²) < 4.78 is 18.4. The van der Waals surface area contributed by atoms with E-state index in [0.717, 1.165) is 11.4 Å². The van der Waals surface area contributed by atoms with Crippen molar-refractivity contribution in [1.29, 1.82) is 0 Å². The van der Waals surface area contributed by atoms with Crippen LogP contribution in [0.4, 0.5) is 0 Å². The molecule has 0 radical (unpaired) electrons. The van der Waals surface area contributed by atoms with Crippen LogP contribution >= 0.6 is 0 Å². The lowest BCUT2D eigenvalue weighted by atomic mass is 10.1. The van der Waals surface area contributed by atoms with Crippen LogP contribution in [0.15, 0.2) is 24.5 Å². The van der Waals surface area contributed by atoms with Crippen molar-refractivity contribution >= 4 is 5.91 Å². The summed E-state index contributed by atoms with van der Waals surface area (Å²) >= 11 is 0. The molecule has 0 N–H and O–H groups in total. The number of nitrogens with zero attached hydrogens (tertiary/aromatic N) is 3. The molecule has 7 heteroatoms. The highest BCUT2D eigenvalue weighted by Gasteiger charge is 2.30. The average Bonchev–Trinajstić information content (AvgIpc) is 3.26. The number of likely N-dealkylation sites (tertiary alicyclic amines) is 1. The minimum Gasteiger partial charge on any atom is -0.496 e. The number of likely N-dealkylation sites (N-methyl/N-ethyl adjacent to an activating group) is 1. The Balaban J connectivity index is 1.78. The quantitative estimate of drug-likeness (QED) is 0.862. The summed E-state index contributed by atoms with van der Waals surface area (Å²) in [7, 11) is 3.43. The molecule has 1 unspecified atom stereocenters. The van der Waals surface area contributed by atoms with Gasteiger partial charge in [-0.25, -0.2) is 4.98 Å². The number of rotatable bonds is 3. The Kier molecular flexibility index (Phi) is 3.14. The van der Waals surface area contributed by atoms with Crippen molar-refractivity contribution in [2.75, 3.05) is 27.5 Å². The largest absolute Gasteiger partial charge is 0.496 e. The monoisotopic (exact) mass is 315 g/mol. The molecule has 2 aliphatic heterocycles. The second kappa shape index (κ2) is 5.19. The van der Waals surface area contributed by atoms with Crippen LogP contribution in [0.3, 0.4) is 0 Å². The number of methoxy groups -OCH3 is 1. The lowest BCUT2D eigenvalue weighted by molar-refractivity contribution is -0.126. The first-order valence-corrected chi connectivity index (χ1v) is 7.42. The van der Waals surface area contributed by atoms with Crippen molar-refractivity contribution in [2.45, 2.75) is 12.5 Å². The van der Waals surface area contributed by atoms with Gasteiger partial charge in [0.25, 0.3) is 0 Å². The van der Waals surface area contributed by atoms with Gasteiger partial charge in [-0.3, -0.25) is 4.79 Å². The van der Waals surface area contributed by atoms with Crippen LogP contribution in [0.2, 0.25) is 0 Å². The van der Waals surface area contributed by atoms with Crippen molar-refractivity contribution in [3.8, 4) is 28.6 Å². The molecule has 0 bridgehead atoms. The number of aromatic nitrogens is 2. The maximum Gasteiger partial charge on any atom is 0.231 e. The third-order valence-corrected chi connectivity index (χ3v) is 4.32. The molecule has 4 rings (SSSR count). The van der Waals surface area contributed by atoms with E-state index in [9.17, 15) is 4.79 Å². The number of ether oxygens (including phenoxy) is 3. The fraction of sp³-hybridized carbons (Fsp3) is 0.375. The zero-order chi connectivity index (χ0) is 16.0. The third kappa shape index (κ3) is 2.19.